The van der Waals surface area contributed by atoms with E-state index in [1.165, 1.54) is 6.20 Å². The molecule has 0 saturated carbocycles. The number of carbonyl (C=O) groups is 1. The van der Waals surface area contributed by atoms with Gasteiger partial charge in [0.25, 0.3) is 0 Å². The maximum absolute atomic E-state index is 10.6. The van der Waals surface area contributed by atoms with Gasteiger partial charge in [0.05, 0.1) is 11.8 Å². The molecule has 0 amide bonds. The van der Waals surface area contributed by atoms with E-state index in [4.69, 9.17) is 9.84 Å². The number of hydrogen-bond acceptors (Lipinski definition) is 5. The number of hydrogen-bond donors (Lipinski definition) is 2. The smallest absolute Gasteiger partial charge is 0.347 e. The highest BCUT2D eigenvalue weighted by molar-refractivity contribution is 7.17. The van der Waals surface area contributed by atoms with Crippen molar-refractivity contribution in [2.75, 3.05) is 19.0 Å². The largest absolute Gasteiger partial charge is 0.477 e. The summed E-state index contributed by atoms with van der Waals surface area (Å²) in [7, 11) is 1.63. The van der Waals surface area contributed by atoms with Gasteiger partial charge in [0, 0.05) is 13.7 Å². The zero-order valence-electron chi connectivity index (χ0n) is 8.90. The quantitative estimate of drug-likeness (QED) is 0.805. The molecule has 1 aromatic heterocycles. The van der Waals surface area contributed by atoms with Gasteiger partial charge in [0.1, 0.15) is 4.88 Å². The Morgan fingerprint density at radius 3 is 2.87 bits per heavy atom. The number of ether oxygens (including phenoxy) is 1. The molecule has 1 rings (SSSR count). The molecule has 0 aliphatic rings. The van der Waals surface area contributed by atoms with Crippen LogP contribution in [0.1, 0.15) is 23.5 Å². The fraction of sp³-hybridized carbons (Fsp3) is 0.556. The average molecular weight is 230 g/mol. The Morgan fingerprint density at radius 2 is 2.40 bits per heavy atom. The highest BCUT2D eigenvalue weighted by Gasteiger charge is 2.17. The van der Waals surface area contributed by atoms with Crippen LogP contribution in [-0.4, -0.2) is 35.3 Å². The molecule has 84 valence electrons. The van der Waals surface area contributed by atoms with Gasteiger partial charge >= 0.3 is 5.97 Å². The van der Waals surface area contributed by atoms with E-state index in [-0.39, 0.29) is 10.5 Å². The van der Waals surface area contributed by atoms with Crippen molar-refractivity contribution >= 4 is 22.4 Å². The Morgan fingerprint density at radius 1 is 1.73 bits per heavy atom. The first kappa shape index (κ1) is 11.9. The number of carboxylic acids is 1. The van der Waals surface area contributed by atoms with Crippen LogP contribution >= 0.6 is 11.3 Å². The maximum atomic E-state index is 10.6. The predicted molar refractivity (Wildman–Crippen MR) is 58.7 cm³/mol. The second-order valence-electron chi connectivity index (χ2n) is 3.65. The Bertz CT molecular complexity index is 349. The minimum absolute atomic E-state index is 0.229. The van der Waals surface area contributed by atoms with Crippen LogP contribution in [0.2, 0.25) is 0 Å². The minimum Gasteiger partial charge on any atom is -0.477 e. The molecule has 0 atom stereocenters. The lowest BCUT2D eigenvalue weighted by atomic mass is 10.1. The molecule has 15 heavy (non-hydrogen) atoms. The lowest BCUT2D eigenvalue weighted by Gasteiger charge is -2.22. The summed E-state index contributed by atoms with van der Waals surface area (Å²) < 4.78 is 5.21. The van der Waals surface area contributed by atoms with E-state index < -0.39 is 5.97 Å². The number of carboxylic acid groups (broad SMARTS) is 1. The molecule has 0 saturated heterocycles. The summed E-state index contributed by atoms with van der Waals surface area (Å²) in [5.74, 6) is -0.952. The molecule has 6 heteroatoms. The summed E-state index contributed by atoms with van der Waals surface area (Å²) >= 11 is 1.11. The Labute approximate surface area is 92.1 Å². The summed E-state index contributed by atoms with van der Waals surface area (Å²) in [5.41, 5.74) is -0.297. The third-order valence-corrected chi connectivity index (χ3v) is 2.88. The number of aromatic carboxylic acids is 1. The van der Waals surface area contributed by atoms with Gasteiger partial charge in [0.2, 0.25) is 0 Å². The first-order valence-electron chi connectivity index (χ1n) is 4.43. The third-order valence-electron chi connectivity index (χ3n) is 1.93. The summed E-state index contributed by atoms with van der Waals surface area (Å²) in [6.07, 6.45) is 1.34. The van der Waals surface area contributed by atoms with Crippen molar-refractivity contribution in [3.05, 3.63) is 11.1 Å². The number of anilines is 1. The molecule has 0 aromatic carbocycles. The molecule has 1 aromatic rings. The number of thiazole rings is 1. The van der Waals surface area contributed by atoms with Gasteiger partial charge in [-0.2, -0.15) is 0 Å². The van der Waals surface area contributed by atoms with Crippen molar-refractivity contribution in [2.45, 2.75) is 19.4 Å². The number of nitrogens with zero attached hydrogens (tertiary/aromatic N) is 1. The van der Waals surface area contributed by atoms with Gasteiger partial charge in [-0.15, -0.1) is 0 Å². The molecule has 5 nitrogen and oxygen atoms in total. The number of nitrogens with one attached hydrogen (secondary N) is 1. The van der Waals surface area contributed by atoms with Gasteiger partial charge in [-0.25, -0.2) is 9.78 Å². The lowest BCUT2D eigenvalue weighted by molar-refractivity contribution is 0.0343. The van der Waals surface area contributed by atoms with Crippen LogP contribution in [0.3, 0.4) is 0 Å². The second kappa shape index (κ2) is 4.59. The Kier molecular flexibility index (Phi) is 3.65. The number of methoxy groups -OCH3 is 1. The molecule has 0 aliphatic carbocycles. The van der Waals surface area contributed by atoms with E-state index >= 15 is 0 Å². The fourth-order valence-electron chi connectivity index (χ4n) is 0.815. The van der Waals surface area contributed by atoms with E-state index in [0.29, 0.717) is 11.7 Å². The van der Waals surface area contributed by atoms with Crippen molar-refractivity contribution in [3.63, 3.8) is 0 Å². The van der Waals surface area contributed by atoms with E-state index in [1.807, 2.05) is 13.8 Å². The standard InChI is InChI=1S/C9H14N2O3S/c1-9(2,14-3)5-11-8-10-4-6(15-8)7(12)13/h4H,5H2,1-3H3,(H,10,11)(H,12,13). The molecule has 0 fully saturated rings. The molecule has 2 N–H and O–H groups in total. The van der Waals surface area contributed by atoms with Crippen molar-refractivity contribution in [1.29, 1.82) is 0 Å². The van der Waals surface area contributed by atoms with Crippen molar-refractivity contribution in [3.8, 4) is 0 Å². The van der Waals surface area contributed by atoms with Crippen molar-refractivity contribution < 1.29 is 14.6 Å². The Balaban J connectivity index is 2.55. The van der Waals surface area contributed by atoms with E-state index in [9.17, 15) is 4.79 Å². The SMILES string of the molecule is COC(C)(C)CNc1ncc(C(=O)O)s1. The second-order valence-corrected chi connectivity index (χ2v) is 4.68. The van der Waals surface area contributed by atoms with Gasteiger partial charge in [-0.1, -0.05) is 11.3 Å². The lowest BCUT2D eigenvalue weighted by Crippen LogP contribution is -2.31. The first-order chi connectivity index (χ1) is 6.94. The molecular weight excluding hydrogens is 216 g/mol. The van der Waals surface area contributed by atoms with E-state index in [2.05, 4.69) is 10.3 Å². The monoisotopic (exact) mass is 230 g/mol. The molecule has 0 spiro atoms. The first-order valence-corrected chi connectivity index (χ1v) is 5.24. The summed E-state index contributed by atoms with van der Waals surface area (Å²) in [5, 5.41) is 12.3. The van der Waals surface area contributed by atoms with Gasteiger partial charge in [-0.3, -0.25) is 0 Å². The summed E-state index contributed by atoms with van der Waals surface area (Å²) in [6, 6.07) is 0. The normalized spacial score (nSPS) is 11.4. The number of rotatable bonds is 5. The van der Waals surface area contributed by atoms with Gasteiger partial charge in [0.15, 0.2) is 5.13 Å². The fourth-order valence-corrected chi connectivity index (χ4v) is 1.47. The van der Waals surface area contributed by atoms with Crippen LogP contribution < -0.4 is 5.32 Å². The van der Waals surface area contributed by atoms with Crippen LogP contribution in [0.15, 0.2) is 6.20 Å². The maximum Gasteiger partial charge on any atom is 0.347 e. The zero-order chi connectivity index (χ0) is 11.5. The van der Waals surface area contributed by atoms with Crippen molar-refractivity contribution in [2.24, 2.45) is 0 Å². The van der Waals surface area contributed by atoms with E-state index in [1.54, 1.807) is 7.11 Å². The zero-order valence-corrected chi connectivity index (χ0v) is 9.72. The van der Waals surface area contributed by atoms with Crippen LogP contribution in [0.4, 0.5) is 5.13 Å². The summed E-state index contributed by atoms with van der Waals surface area (Å²) in [4.78, 5) is 14.8. The van der Waals surface area contributed by atoms with Crippen molar-refractivity contribution in [1.82, 2.24) is 4.98 Å². The average Bonchev–Trinajstić information content (AvgIpc) is 2.63. The summed E-state index contributed by atoms with van der Waals surface area (Å²) in [6.45, 7) is 4.45. The van der Waals surface area contributed by atoms with Crippen LogP contribution in [0.25, 0.3) is 0 Å². The molecule has 0 unspecified atom stereocenters. The highest BCUT2D eigenvalue weighted by Crippen LogP contribution is 2.19. The third kappa shape index (κ3) is 3.49. The minimum atomic E-state index is -0.952. The van der Waals surface area contributed by atoms with Crippen LogP contribution in [0, 0.1) is 0 Å². The highest BCUT2D eigenvalue weighted by atomic mass is 32.1. The number of aromatic nitrogens is 1. The van der Waals surface area contributed by atoms with Gasteiger partial charge < -0.3 is 15.2 Å². The predicted octanol–water partition coefficient (Wildman–Crippen LogP) is 1.68. The van der Waals surface area contributed by atoms with Crippen LogP contribution in [0.5, 0.6) is 0 Å². The molecule has 0 aliphatic heterocycles. The Hall–Kier alpha value is -1.14. The molecule has 0 bridgehead atoms. The van der Waals surface area contributed by atoms with E-state index in [0.717, 1.165) is 11.3 Å². The molecule has 1 heterocycles. The van der Waals surface area contributed by atoms with Crippen LogP contribution in [-0.2, 0) is 4.74 Å². The van der Waals surface area contributed by atoms with Gasteiger partial charge in [-0.05, 0) is 13.8 Å². The topological polar surface area (TPSA) is 71.5 Å². The molecule has 0 radical (unpaired) electrons. The molecular formula is C9H14N2O3S.